The molecule has 0 atom stereocenters. The van der Waals surface area contributed by atoms with E-state index in [-0.39, 0.29) is 5.82 Å². The highest BCUT2D eigenvalue weighted by Crippen LogP contribution is 2.21. The second kappa shape index (κ2) is 6.48. The molecule has 0 aliphatic carbocycles. The summed E-state index contributed by atoms with van der Waals surface area (Å²) in [6.07, 6.45) is 1.74. The first-order valence-corrected chi connectivity index (χ1v) is 7.37. The second-order valence-electron chi connectivity index (χ2n) is 5.13. The SMILES string of the molecule is CCCc1nc2ccc(NC(=O)Nc3ccc(F)cc3)cc2o1. The van der Waals surface area contributed by atoms with Crippen LogP contribution in [0.2, 0.25) is 0 Å². The van der Waals surface area contributed by atoms with Crippen LogP contribution in [0.25, 0.3) is 11.1 Å². The molecule has 3 aromatic rings. The van der Waals surface area contributed by atoms with E-state index in [1.54, 1.807) is 18.2 Å². The Kier molecular flexibility index (Phi) is 4.23. The molecule has 2 amide bonds. The zero-order chi connectivity index (χ0) is 16.2. The molecule has 118 valence electrons. The lowest BCUT2D eigenvalue weighted by molar-refractivity contribution is 0.262. The third-order valence-electron chi connectivity index (χ3n) is 3.26. The average Bonchev–Trinajstić information content (AvgIpc) is 2.91. The topological polar surface area (TPSA) is 67.2 Å². The molecule has 2 N–H and O–H groups in total. The van der Waals surface area contributed by atoms with E-state index in [0.717, 1.165) is 18.4 Å². The summed E-state index contributed by atoms with van der Waals surface area (Å²) in [4.78, 5) is 16.3. The molecule has 0 bridgehead atoms. The molecule has 2 aromatic carbocycles. The number of benzene rings is 2. The first-order chi connectivity index (χ1) is 11.1. The average molecular weight is 313 g/mol. The Labute approximate surface area is 132 Å². The summed E-state index contributed by atoms with van der Waals surface area (Å²) >= 11 is 0. The Bertz CT molecular complexity index is 827. The number of rotatable bonds is 4. The summed E-state index contributed by atoms with van der Waals surface area (Å²) in [5.41, 5.74) is 2.50. The van der Waals surface area contributed by atoms with Crippen LogP contribution < -0.4 is 10.6 Å². The number of nitrogens with one attached hydrogen (secondary N) is 2. The van der Waals surface area contributed by atoms with Crippen LogP contribution in [0.5, 0.6) is 0 Å². The molecule has 0 aliphatic rings. The number of aryl methyl sites for hydroxylation is 1. The lowest BCUT2D eigenvalue weighted by atomic mass is 10.3. The first kappa shape index (κ1) is 15.0. The summed E-state index contributed by atoms with van der Waals surface area (Å²) < 4.78 is 18.5. The first-order valence-electron chi connectivity index (χ1n) is 7.37. The number of anilines is 2. The molecule has 5 nitrogen and oxygen atoms in total. The van der Waals surface area contributed by atoms with E-state index in [0.29, 0.717) is 22.8 Å². The van der Waals surface area contributed by atoms with Gasteiger partial charge in [0.1, 0.15) is 11.3 Å². The molecule has 0 aliphatic heterocycles. The van der Waals surface area contributed by atoms with Gasteiger partial charge in [0.2, 0.25) is 0 Å². The smallest absolute Gasteiger partial charge is 0.323 e. The van der Waals surface area contributed by atoms with Crippen LogP contribution in [0.3, 0.4) is 0 Å². The summed E-state index contributed by atoms with van der Waals surface area (Å²) in [6.45, 7) is 2.06. The normalized spacial score (nSPS) is 10.7. The molecule has 6 heteroatoms. The highest BCUT2D eigenvalue weighted by molar-refractivity contribution is 6.00. The van der Waals surface area contributed by atoms with E-state index in [1.807, 2.05) is 0 Å². The molecule has 0 fully saturated rings. The number of fused-ring (bicyclic) bond motifs is 1. The molecule has 1 heterocycles. The van der Waals surface area contributed by atoms with Crippen molar-refractivity contribution in [2.45, 2.75) is 19.8 Å². The van der Waals surface area contributed by atoms with Gasteiger partial charge < -0.3 is 15.1 Å². The Morgan fingerprint density at radius 2 is 1.83 bits per heavy atom. The summed E-state index contributed by atoms with van der Waals surface area (Å²) in [6, 6.07) is 10.4. The Morgan fingerprint density at radius 3 is 2.57 bits per heavy atom. The maximum Gasteiger partial charge on any atom is 0.323 e. The van der Waals surface area contributed by atoms with Crippen molar-refractivity contribution in [2.75, 3.05) is 10.6 Å². The molecule has 1 aromatic heterocycles. The standard InChI is InChI=1S/C17H16FN3O2/c1-2-3-16-21-14-9-8-13(10-15(14)23-16)20-17(22)19-12-6-4-11(18)5-7-12/h4-10H,2-3H2,1H3,(H2,19,20,22). The van der Waals surface area contributed by atoms with Gasteiger partial charge in [-0.3, -0.25) is 0 Å². The Morgan fingerprint density at radius 1 is 1.13 bits per heavy atom. The van der Waals surface area contributed by atoms with Crippen LogP contribution in [0, 0.1) is 5.82 Å². The van der Waals surface area contributed by atoms with Crippen LogP contribution in [0.15, 0.2) is 46.9 Å². The van der Waals surface area contributed by atoms with Crippen LogP contribution in [-0.2, 0) is 6.42 Å². The van der Waals surface area contributed by atoms with Gasteiger partial charge in [-0.1, -0.05) is 6.92 Å². The van der Waals surface area contributed by atoms with E-state index in [1.165, 1.54) is 24.3 Å². The molecule has 0 saturated heterocycles. The summed E-state index contributed by atoms with van der Waals surface area (Å²) in [7, 11) is 0. The summed E-state index contributed by atoms with van der Waals surface area (Å²) in [5.74, 6) is 0.338. The molecular weight excluding hydrogens is 297 g/mol. The van der Waals surface area contributed by atoms with Gasteiger partial charge in [0, 0.05) is 23.9 Å². The van der Waals surface area contributed by atoms with Crippen molar-refractivity contribution in [3.63, 3.8) is 0 Å². The maximum absolute atomic E-state index is 12.8. The highest BCUT2D eigenvalue weighted by Gasteiger charge is 2.08. The van der Waals surface area contributed by atoms with Crippen LogP contribution in [0.4, 0.5) is 20.6 Å². The van der Waals surface area contributed by atoms with Crippen molar-refractivity contribution < 1.29 is 13.6 Å². The van der Waals surface area contributed by atoms with Gasteiger partial charge in [0.25, 0.3) is 0 Å². The fourth-order valence-electron chi connectivity index (χ4n) is 2.20. The number of amides is 2. The van der Waals surface area contributed by atoms with Gasteiger partial charge in [0.15, 0.2) is 11.5 Å². The quantitative estimate of drug-likeness (QED) is 0.741. The molecule has 0 saturated carbocycles. The van der Waals surface area contributed by atoms with Crippen molar-refractivity contribution in [3.8, 4) is 0 Å². The van der Waals surface area contributed by atoms with Crippen LogP contribution in [-0.4, -0.2) is 11.0 Å². The highest BCUT2D eigenvalue weighted by atomic mass is 19.1. The zero-order valence-corrected chi connectivity index (χ0v) is 12.6. The Hall–Kier alpha value is -2.89. The summed E-state index contributed by atoms with van der Waals surface area (Å²) in [5, 5.41) is 5.34. The lowest BCUT2D eigenvalue weighted by Crippen LogP contribution is -2.19. The van der Waals surface area contributed by atoms with E-state index in [9.17, 15) is 9.18 Å². The lowest BCUT2D eigenvalue weighted by Gasteiger charge is -2.07. The van der Waals surface area contributed by atoms with E-state index in [2.05, 4.69) is 22.5 Å². The van der Waals surface area contributed by atoms with Gasteiger partial charge in [-0.05, 0) is 42.8 Å². The Balaban J connectivity index is 1.70. The van der Waals surface area contributed by atoms with Crippen molar-refractivity contribution in [2.24, 2.45) is 0 Å². The van der Waals surface area contributed by atoms with Crippen LogP contribution in [0.1, 0.15) is 19.2 Å². The minimum absolute atomic E-state index is 0.352. The van der Waals surface area contributed by atoms with Gasteiger partial charge in [-0.25, -0.2) is 14.2 Å². The predicted molar refractivity (Wildman–Crippen MR) is 87.0 cm³/mol. The zero-order valence-electron chi connectivity index (χ0n) is 12.6. The van der Waals surface area contributed by atoms with Crippen molar-refractivity contribution in [3.05, 3.63) is 54.2 Å². The number of hydrogen-bond acceptors (Lipinski definition) is 3. The van der Waals surface area contributed by atoms with E-state index >= 15 is 0 Å². The number of halogens is 1. The monoisotopic (exact) mass is 313 g/mol. The number of aromatic nitrogens is 1. The number of hydrogen-bond donors (Lipinski definition) is 2. The number of oxazole rings is 1. The molecule has 0 spiro atoms. The number of carbonyl (C=O) groups excluding carboxylic acids is 1. The molecule has 0 unspecified atom stereocenters. The molecule has 0 radical (unpaired) electrons. The van der Waals surface area contributed by atoms with Gasteiger partial charge in [-0.15, -0.1) is 0 Å². The fourth-order valence-corrected chi connectivity index (χ4v) is 2.20. The van der Waals surface area contributed by atoms with Gasteiger partial charge in [-0.2, -0.15) is 0 Å². The molecular formula is C17H16FN3O2. The maximum atomic E-state index is 12.8. The van der Waals surface area contributed by atoms with Crippen molar-refractivity contribution in [1.82, 2.24) is 4.98 Å². The number of carbonyl (C=O) groups is 1. The molecule has 3 rings (SSSR count). The van der Waals surface area contributed by atoms with Crippen molar-refractivity contribution in [1.29, 1.82) is 0 Å². The largest absolute Gasteiger partial charge is 0.441 e. The molecule has 23 heavy (non-hydrogen) atoms. The second-order valence-corrected chi connectivity index (χ2v) is 5.13. The minimum atomic E-state index is -0.413. The third kappa shape index (κ3) is 3.66. The third-order valence-corrected chi connectivity index (χ3v) is 3.26. The fraction of sp³-hybridized carbons (Fsp3) is 0.176. The van der Waals surface area contributed by atoms with Gasteiger partial charge >= 0.3 is 6.03 Å². The van der Waals surface area contributed by atoms with Crippen LogP contribution >= 0.6 is 0 Å². The minimum Gasteiger partial charge on any atom is -0.441 e. The van der Waals surface area contributed by atoms with E-state index in [4.69, 9.17) is 4.42 Å². The van der Waals surface area contributed by atoms with Gasteiger partial charge in [0.05, 0.1) is 0 Å². The number of nitrogens with zero attached hydrogens (tertiary/aromatic N) is 1. The van der Waals surface area contributed by atoms with Crippen molar-refractivity contribution >= 4 is 28.5 Å². The van der Waals surface area contributed by atoms with E-state index < -0.39 is 6.03 Å². The number of urea groups is 1. The predicted octanol–water partition coefficient (Wildman–Crippen LogP) is 4.56.